The van der Waals surface area contributed by atoms with E-state index in [1.54, 1.807) is 16.1 Å². The molecule has 108 valence electrons. The molecule has 0 aliphatic carbocycles. The normalized spacial score (nSPS) is 22.2. The Morgan fingerprint density at radius 1 is 1.44 bits per heavy atom. The third kappa shape index (κ3) is 5.88. The Morgan fingerprint density at radius 3 is 2.89 bits per heavy atom. The van der Waals surface area contributed by atoms with E-state index in [4.69, 9.17) is 5.11 Å². The van der Waals surface area contributed by atoms with E-state index in [2.05, 4.69) is 11.6 Å². The first-order valence-corrected chi connectivity index (χ1v) is 9.09. The van der Waals surface area contributed by atoms with Gasteiger partial charge in [-0.1, -0.05) is 6.92 Å². The van der Waals surface area contributed by atoms with Crippen molar-refractivity contribution in [2.75, 3.05) is 37.7 Å². The van der Waals surface area contributed by atoms with Gasteiger partial charge in [0.15, 0.2) is 0 Å². The molecule has 18 heavy (non-hydrogen) atoms. The van der Waals surface area contributed by atoms with Crippen molar-refractivity contribution in [1.29, 1.82) is 0 Å². The molecule has 0 bridgehead atoms. The minimum absolute atomic E-state index is 0.199. The molecule has 7 heteroatoms. The van der Waals surface area contributed by atoms with Gasteiger partial charge in [0, 0.05) is 32.0 Å². The third-order valence-corrected chi connectivity index (χ3v) is 5.59. The van der Waals surface area contributed by atoms with E-state index in [9.17, 15) is 8.42 Å². The summed E-state index contributed by atoms with van der Waals surface area (Å²) in [7, 11) is -3.29. The van der Waals surface area contributed by atoms with E-state index < -0.39 is 10.2 Å². The van der Waals surface area contributed by atoms with Crippen molar-refractivity contribution in [3.63, 3.8) is 0 Å². The summed E-state index contributed by atoms with van der Waals surface area (Å²) in [6, 6.07) is 0. The van der Waals surface area contributed by atoms with Gasteiger partial charge in [0.2, 0.25) is 0 Å². The largest absolute Gasteiger partial charge is 0.396 e. The van der Waals surface area contributed by atoms with Gasteiger partial charge in [-0.15, -0.1) is 0 Å². The topological polar surface area (TPSA) is 69.6 Å². The summed E-state index contributed by atoms with van der Waals surface area (Å²) in [4.78, 5) is 0. The average molecular weight is 296 g/mol. The summed E-state index contributed by atoms with van der Waals surface area (Å²) in [5.74, 6) is 2.08. The van der Waals surface area contributed by atoms with Gasteiger partial charge in [0.05, 0.1) is 0 Å². The number of piperidine rings is 1. The zero-order valence-electron chi connectivity index (χ0n) is 11.0. The van der Waals surface area contributed by atoms with Crippen LogP contribution < -0.4 is 4.72 Å². The molecule has 1 aliphatic heterocycles. The van der Waals surface area contributed by atoms with E-state index >= 15 is 0 Å². The van der Waals surface area contributed by atoms with Gasteiger partial charge < -0.3 is 5.11 Å². The lowest BCUT2D eigenvalue weighted by Crippen LogP contribution is -2.46. The molecule has 1 atom stereocenters. The fourth-order valence-electron chi connectivity index (χ4n) is 1.97. The molecule has 5 nitrogen and oxygen atoms in total. The predicted molar refractivity (Wildman–Crippen MR) is 75.9 cm³/mol. The van der Waals surface area contributed by atoms with Gasteiger partial charge in [-0.3, -0.25) is 0 Å². The highest BCUT2D eigenvalue weighted by atomic mass is 32.2. The lowest BCUT2D eigenvalue weighted by atomic mass is 10.0. The lowest BCUT2D eigenvalue weighted by molar-refractivity contribution is 0.278. The van der Waals surface area contributed by atoms with Crippen molar-refractivity contribution in [3.05, 3.63) is 0 Å². The molecule has 2 N–H and O–H groups in total. The molecule has 1 saturated heterocycles. The molecule has 0 radical (unpaired) electrons. The molecule has 0 aromatic heterocycles. The minimum atomic E-state index is -3.29. The SMILES string of the molecule is CC1CCCN(S(=O)(=O)NCCSCCCO)C1. The fourth-order valence-corrected chi connectivity index (χ4v) is 4.24. The maximum atomic E-state index is 12.0. The Labute approximate surface area is 115 Å². The molecule has 0 aromatic rings. The van der Waals surface area contributed by atoms with Gasteiger partial charge >= 0.3 is 0 Å². The van der Waals surface area contributed by atoms with Crippen LogP contribution in [0.1, 0.15) is 26.2 Å². The molecule has 0 amide bonds. The molecule has 0 saturated carbocycles. The van der Waals surface area contributed by atoms with Crippen LogP contribution in [0, 0.1) is 5.92 Å². The second-order valence-electron chi connectivity index (χ2n) is 4.69. The van der Waals surface area contributed by atoms with Gasteiger partial charge in [0.25, 0.3) is 10.2 Å². The maximum absolute atomic E-state index is 12.0. The van der Waals surface area contributed by atoms with Crippen LogP contribution in [0.4, 0.5) is 0 Å². The number of nitrogens with one attached hydrogen (secondary N) is 1. The van der Waals surface area contributed by atoms with Crippen LogP contribution in [-0.4, -0.2) is 55.6 Å². The van der Waals surface area contributed by atoms with Crippen LogP contribution in [0.15, 0.2) is 0 Å². The highest BCUT2D eigenvalue weighted by Crippen LogP contribution is 2.17. The summed E-state index contributed by atoms with van der Waals surface area (Å²) in [6.07, 6.45) is 2.83. The van der Waals surface area contributed by atoms with E-state index in [0.717, 1.165) is 30.8 Å². The number of hydrogen-bond acceptors (Lipinski definition) is 4. The molecular formula is C11H24N2O3S2. The number of hydrogen-bond donors (Lipinski definition) is 2. The predicted octanol–water partition coefficient (Wildman–Crippen LogP) is 0.668. The Hall–Kier alpha value is 0.180. The van der Waals surface area contributed by atoms with Gasteiger partial charge in [-0.25, -0.2) is 4.72 Å². The van der Waals surface area contributed by atoms with Crippen molar-refractivity contribution < 1.29 is 13.5 Å². The van der Waals surface area contributed by atoms with Crippen molar-refractivity contribution in [2.45, 2.75) is 26.2 Å². The van der Waals surface area contributed by atoms with Crippen LogP contribution in [0.25, 0.3) is 0 Å². The van der Waals surface area contributed by atoms with Crippen molar-refractivity contribution in [2.24, 2.45) is 5.92 Å². The lowest BCUT2D eigenvalue weighted by Gasteiger charge is -2.29. The highest BCUT2D eigenvalue weighted by Gasteiger charge is 2.26. The van der Waals surface area contributed by atoms with Gasteiger partial charge in [-0.2, -0.15) is 24.5 Å². The number of aliphatic hydroxyl groups excluding tert-OH is 1. The maximum Gasteiger partial charge on any atom is 0.279 e. The monoisotopic (exact) mass is 296 g/mol. The highest BCUT2D eigenvalue weighted by molar-refractivity contribution is 7.99. The Balaban J connectivity index is 2.22. The van der Waals surface area contributed by atoms with Crippen LogP contribution >= 0.6 is 11.8 Å². The quantitative estimate of drug-likeness (QED) is 0.646. The Kier molecular flexibility index (Phi) is 7.55. The minimum Gasteiger partial charge on any atom is -0.396 e. The number of rotatable bonds is 8. The number of nitrogens with zero attached hydrogens (tertiary/aromatic N) is 1. The molecule has 1 fully saturated rings. The summed E-state index contributed by atoms with van der Waals surface area (Å²) in [5, 5.41) is 8.62. The second kappa shape index (κ2) is 8.37. The summed E-state index contributed by atoms with van der Waals surface area (Å²) < 4.78 is 28.2. The van der Waals surface area contributed by atoms with Crippen LogP contribution in [0.3, 0.4) is 0 Å². The first-order chi connectivity index (χ1) is 8.56. The van der Waals surface area contributed by atoms with E-state index in [0.29, 0.717) is 25.6 Å². The molecule has 0 aromatic carbocycles. The van der Waals surface area contributed by atoms with Crippen LogP contribution in [0.5, 0.6) is 0 Å². The van der Waals surface area contributed by atoms with Crippen molar-refractivity contribution >= 4 is 22.0 Å². The molecule has 1 aliphatic rings. The van der Waals surface area contributed by atoms with E-state index in [1.165, 1.54) is 0 Å². The van der Waals surface area contributed by atoms with Crippen LogP contribution in [-0.2, 0) is 10.2 Å². The average Bonchev–Trinajstić information content (AvgIpc) is 2.33. The first-order valence-electron chi connectivity index (χ1n) is 6.49. The second-order valence-corrected chi connectivity index (χ2v) is 7.67. The number of thioether (sulfide) groups is 1. The van der Waals surface area contributed by atoms with Crippen LogP contribution in [0.2, 0.25) is 0 Å². The molecule has 0 spiro atoms. The molecule has 1 heterocycles. The standard InChI is InChI=1S/C11H24N2O3S2/c1-11-4-2-6-13(10-11)18(15,16)12-5-9-17-8-3-7-14/h11-12,14H,2-10H2,1H3. The molecule has 1 rings (SSSR count). The summed E-state index contributed by atoms with van der Waals surface area (Å²) in [5.41, 5.74) is 0. The number of aliphatic hydroxyl groups is 1. The van der Waals surface area contributed by atoms with E-state index in [-0.39, 0.29) is 6.61 Å². The summed E-state index contributed by atoms with van der Waals surface area (Å²) in [6.45, 7) is 4.02. The Bertz CT molecular complexity index is 322. The van der Waals surface area contributed by atoms with Crippen molar-refractivity contribution in [3.8, 4) is 0 Å². The zero-order valence-corrected chi connectivity index (χ0v) is 12.6. The first kappa shape index (κ1) is 16.2. The van der Waals surface area contributed by atoms with Gasteiger partial charge in [-0.05, 0) is 30.9 Å². The van der Waals surface area contributed by atoms with Gasteiger partial charge in [0.1, 0.15) is 0 Å². The van der Waals surface area contributed by atoms with Crippen molar-refractivity contribution in [1.82, 2.24) is 9.03 Å². The fraction of sp³-hybridized carbons (Fsp3) is 1.00. The third-order valence-electron chi connectivity index (χ3n) is 2.94. The smallest absolute Gasteiger partial charge is 0.279 e. The van der Waals surface area contributed by atoms with E-state index in [1.807, 2.05) is 0 Å². The Morgan fingerprint density at radius 2 is 2.22 bits per heavy atom. The summed E-state index contributed by atoms with van der Waals surface area (Å²) >= 11 is 1.66. The molecular weight excluding hydrogens is 272 g/mol. The molecule has 1 unspecified atom stereocenters. The zero-order chi connectivity index (χ0) is 13.4.